The first-order chi connectivity index (χ1) is 9.69. The quantitative estimate of drug-likeness (QED) is 0.755. The van der Waals surface area contributed by atoms with Crippen molar-refractivity contribution in [3.63, 3.8) is 0 Å². The summed E-state index contributed by atoms with van der Waals surface area (Å²) < 4.78 is 5.23. The third-order valence-corrected chi connectivity index (χ3v) is 3.68. The van der Waals surface area contributed by atoms with Gasteiger partial charge in [0, 0.05) is 25.4 Å². The number of methoxy groups -OCH3 is 1. The summed E-state index contributed by atoms with van der Waals surface area (Å²) in [6.45, 7) is 8.06. The van der Waals surface area contributed by atoms with Gasteiger partial charge in [0.1, 0.15) is 5.82 Å². The highest BCUT2D eigenvalue weighted by atomic mass is 16.5. The molecule has 4 heteroatoms. The molecule has 1 rings (SSSR count). The van der Waals surface area contributed by atoms with Crippen molar-refractivity contribution in [3.8, 4) is 0 Å². The molecule has 0 saturated carbocycles. The van der Waals surface area contributed by atoms with E-state index in [0.717, 1.165) is 42.9 Å². The Balaban J connectivity index is 3.10. The standard InChI is InChI=1S/C16H28N2O2/c1-5-14-10-13(12-19)11-16(17-14)18(8-9-20-4)15(6-2)7-3/h10-11,15,19H,5-9,12H2,1-4H3. The number of aromatic nitrogens is 1. The number of ether oxygens (including phenoxy) is 1. The van der Waals surface area contributed by atoms with Gasteiger partial charge >= 0.3 is 0 Å². The molecule has 0 saturated heterocycles. The Bertz CT molecular complexity index is 370. The minimum Gasteiger partial charge on any atom is -0.392 e. The Morgan fingerprint density at radius 3 is 2.45 bits per heavy atom. The predicted molar refractivity (Wildman–Crippen MR) is 83.1 cm³/mol. The topological polar surface area (TPSA) is 45.6 Å². The lowest BCUT2D eigenvalue weighted by atomic mass is 10.1. The van der Waals surface area contributed by atoms with Crippen molar-refractivity contribution in [2.75, 3.05) is 25.2 Å². The van der Waals surface area contributed by atoms with Crippen molar-refractivity contribution < 1.29 is 9.84 Å². The van der Waals surface area contributed by atoms with Crippen LogP contribution in [0.1, 0.15) is 44.9 Å². The zero-order chi connectivity index (χ0) is 15.0. The maximum absolute atomic E-state index is 9.42. The molecule has 1 aromatic heterocycles. The highest BCUT2D eigenvalue weighted by Gasteiger charge is 2.17. The van der Waals surface area contributed by atoms with Gasteiger partial charge in [-0.3, -0.25) is 0 Å². The Kier molecular flexibility index (Phi) is 7.55. The molecule has 114 valence electrons. The van der Waals surface area contributed by atoms with Crippen LogP contribution in [0.2, 0.25) is 0 Å². The number of pyridine rings is 1. The van der Waals surface area contributed by atoms with Crippen LogP contribution in [0.15, 0.2) is 12.1 Å². The molecule has 0 radical (unpaired) electrons. The summed E-state index contributed by atoms with van der Waals surface area (Å²) in [4.78, 5) is 7.04. The molecule has 0 amide bonds. The van der Waals surface area contributed by atoms with Gasteiger partial charge in [0.05, 0.1) is 13.2 Å². The van der Waals surface area contributed by atoms with Crippen molar-refractivity contribution in [3.05, 3.63) is 23.4 Å². The number of aryl methyl sites for hydroxylation is 1. The summed E-state index contributed by atoms with van der Waals surface area (Å²) in [5.41, 5.74) is 1.96. The summed E-state index contributed by atoms with van der Waals surface area (Å²) >= 11 is 0. The number of aliphatic hydroxyl groups is 1. The molecular weight excluding hydrogens is 252 g/mol. The van der Waals surface area contributed by atoms with Crippen LogP contribution in [0, 0.1) is 0 Å². The molecule has 1 aromatic rings. The Labute approximate surface area is 122 Å². The summed E-state index contributed by atoms with van der Waals surface area (Å²) in [5, 5.41) is 9.42. The normalized spacial score (nSPS) is 11.1. The van der Waals surface area contributed by atoms with Gasteiger partial charge in [-0.25, -0.2) is 4.98 Å². The molecule has 20 heavy (non-hydrogen) atoms. The predicted octanol–water partition coefficient (Wildman–Crippen LogP) is 2.78. The van der Waals surface area contributed by atoms with Crippen LogP contribution >= 0.6 is 0 Å². The van der Waals surface area contributed by atoms with E-state index in [1.54, 1.807) is 7.11 Å². The molecule has 0 bridgehead atoms. The number of anilines is 1. The van der Waals surface area contributed by atoms with Crippen molar-refractivity contribution in [1.29, 1.82) is 0 Å². The minimum atomic E-state index is 0.0591. The summed E-state index contributed by atoms with van der Waals surface area (Å²) in [7, 11) is 1.72. The van der Waals surface area contributed by atoms with Gasteiger partial charge < -0.3 is 14.7 Å². The highest BCUT2D eigenvalue weighted by Crippen LogP contribution is 2.21. The van der Waals surface area contributed by atoms with Gasteiger partial charge in [0.2, 0.25) is 0 Å². The molecular formula is C16H28N2O2. The van der Waals surface area contributed by atoms with Crippen LogP contribution in [0.4, 0.5) is 5.82 Å². The first-order valence-electron chi connectivity index (χ1n) is 7.56. The summed E-state index contributed by atoms with van der Waals surface area (Å²) in [6, 6.07) is 4.43. The van der Waals surface area contributed by atoms with E-state index in [1.165, 1.54) is 0 Å². The van der Waals surface area contributed by atoms with Gasteiger partial charge in [-0.2, -0.15) is 0 Å². The van der Waals surface area contributed by atoms with Gasteiger partial charge in [-0.15, -0.1) is 0 Å². The second-order valence-corrected chi connectivity index (χ2v) is 4.99. The maximum atomic E-state index is 9.42. The highest BCUT2D eigenvalue weighted by molar-refractivity contribution is 5.44. The zero-order valence-corrected chi connectivity index (χ0v) is 13.2. The maximum Gasteiger partial charge on any atom is 0.129 e. The summed E-state index contributed by atoms with van der Waals surface area (Å²) in [6.07, 6.45) is 3.03. The minimum absolute atomic E-state index is 0.0591. The molecule has 1 N–H and O–H groups in total. The van der Waals surface area contributed by atoms with Crippen molar-refractivity contribution >= 4 is 5.82 Å². The SMILES string of the molecule is CCc1cc(CO)cc(N(CCOC)C(CC)CC)n1. The molecule has 0 fully saturated rings. The fourth-order valence-electron chi connectivity index (χ4n) is 2.46. The van der Waals surface area contributed by atoms with Gasteiger partial charge in [0.15, 0.2) is 0 Å². The van der Waals surface area contributed by atoms with Crippen LogP contribution in [-0.4, -0.2) is 36.4 Å². The van der Waals surface area contributed by atoms with Gasteiger partial charge in [-0.1, -0.05) is 20.8 Å². The second kappa shape index (κ2) is 8.93. The third kappa shape index (κ3) is 4.46. The van der Waals surface area contributed by atoms with E-state index in [2.05, 4.69) is 25.7 Å². The van der Waals surface area contributed by atoms with Crippen LogP contribution in [-0.2, 0) is 17.8 Å². The number of rotatable bonds is 9. The molecule has 1 heterocycles. The van der Waals surface area contributed by atoms with Crippen molar-refractivity contribution in [2.24, 2.45) is 0 Å². The first kappa shape index (κ1) is 16.9. The van der Waals surface area contributed by atoms with E-state index in [4.69, 9.17) is 9.72 Å². The van der Waals surface area contributed by atoms with E-state index in [0.29, 0.717) is 12.6 Å². The molecule has 0 atom stereocenters. The lowest BCUT2D eigenvalue weighted by Crippen LogP contribution is -2.38. The van der Waals surface area contributed by atoms with Crippen LogP contribution < -0.4 is 4.90 Å². The molecule has 0 unspecified atom stereocenters. The second-order valence-electron chi connectivity index (χ2n) is 4.99. The molecule has 0 spiro atoms. The first-order valence-corrected chi connectivity index (χ1v) is 7.56. The number of aliphatic hydroxyl groups excluding tert-OH is 1. The Morgan fingerprint density at radius 1 is 1.25 bits per heavy atom. The van der Waals surface area contributed by atoms with Gasteiger partial charge in [-0.05, 0) is 37.0 Å². The fourth-order valence-corrected chi connectivity index (χ4v) is 2.46. The summed E-state index contributed by atoms with van der Waals surface area (Å²) in [5.74, 6) is 0.958. The number of hydrogen-bond acceptors (Lipinski definition) is 4. The fraction of sp³-hybridized carbons (Fsp3) is 0.688. The number of hydrogen-bond donors (Lipinski definition) is 1. The van der Waals surface area contributed by atoms with Crippen LogP contribution in [0.25, 0.3) is 0 Å². The van der Waals surface area contributed by atoms with Crippen molar-refractivity contribution in [1.82, 2.24) is 4.98 Å². The molecule has 4 nitrogen and oxygen atoms in total. The van der Waals surface area contributed by atoms with Crippen molar-refractivity contribution in [2.45, 2.75) is 52.7 Å². The average molecular weight is 280 g/mol. The number of nitrogens with zero attached hydrogens (tertiary/aromatic N) is 2. The largest absolute Gasteiger partial charge is 0.392 e. The molecule has 0 aliphatic rings. The lowest BCUT2D eigenvalue weighted by molar-refractivity contribution is 0.202. The van der Waals surface area contributed by atoms with E-state index in [9.17, 15) is 5.11 Å². The van der Waals surface area contributed by atoms with Crippen LogP contribution in [0.3, 0.4) is 0 Å². The van der Waals surface area contributed by atoms with Gasteiger partial charge in [0.25, 0.3) is 0 Å². The average Bonchev–Trinajstić information content (AvgIpc) is 2.50. The Hall–Kier alpha value is -1.13. The van der Waals surface area contributed by atoms with E-state index < -0.39 is 0 Å². The smallest absolute Gasteiger partial charge is 0.129 e. The monoisotopic (exact) mass is 280 g/mol. The third-order valence-electron chi connectivity index (χ3n) is 3.68. The zero-order valence-electron chi connectivity index (χ0n) is 13.2. The molecule has 0 aliphatic heterocycles. The van der Waals surface area contributed by atoms with Crippen LogP contribution in [0.5, 0.6) is 0 Å². The van der Waals surface area contributed by atoms with E-state index >= 15 is 0 Å². The molecule has 0 aromatic carbocycles. The van der Waals surface area contributed by atoms with E-state index in [-0.39, 0.29) is 6.61 Å². The van der Waals surface area contributed by atoms with E-state index in [1.807, 2.05) is 12.1 Å². The molecule has 0 aliphatic carbocycles. The lowest BCUT2D eigenvalue weighted by Gasteiger charge is -2.32. The Morgan fingerprint density at radius 2 is 1.95 bits per heavy atom.